The van der Waals surface area contributed by atoms with Crippen molar-refractivity contribution in [1.82, 2.24) is 0 Å². The van der Waals surface area contributed by atoms with Crippen molar-refractivity contribution >= 4 is 17.6 Å². The summed E-state index contributed by atoms with van der Waals surface area (Å²) in [6.07, 6.45) is -0.679. The fourth-order valence-electron chi connectivity index (χ4n) is 2.51. The lowest BCUT2D eigenvalue weighted by Crippen LogP contribution is -2.30. The first-order valence-electron chi connectivity index (χ1n) is 8.64. The smallest absolute Gasteiger partial charge is 0.338 e. The van der Waals surface area contributed by atoms with Gasteiger partial charge in [0, 0.05) is 5.69 Å². The van der Waals surface area contributed by atoms with Gasteiger partial charge in [0.2, 0.25) is 0 Å². The number of benzene rings is 2. The topological polar surface area (TPSA) is 64.6 Å². The van der Waals surface area contributed by atoms with Crippen molar-refractivity contribution in [3.63, 3.8) is 0 Å². The van der Waals surface area contributed by atoms with Crippen LogP contribution in [0.2, 0.25) is 0 Å². The van der Waals surface area contributed by atoms with Crippen LogP contribution in [0.4, 0.5) is 5.69 Å². The van der Waals surface area contributed by atoms with Crippen LogP contribution in [-0.2, 0) is 9.53 Å². The average molecular weight is 355 g/mol. The Labute approximate surface area is 154 Å². The van der Waals surface area contributed by atoms with Crippen LogP contribution in [0, 0.1) is 20.8 Å². The first kappa shape index (κ1) is 19.5. The molecule has 1 unspecified atom stereocenters. The number of ether oxygens (including phenoxy) is 2. The van der Waals surface area contributed by atoms with E-state index in [2.05, 4.69) is 5.32 Å². The Morgan fingerprint density at radius 2 is 1.77 bits per heavy atom. The van der Waals surface area contributed by atoms with E-state index in [1.807, 2.05) is 39.0 Å². The Kier molecular flexibility index (Phi) is 6.39. The molecule has 0 aliphatic carbocycles. The van der Waals surface area contributed by atoms with Gasteiger partial charge in [-0.05, 0) is 63.9 Å². The zero-order chi connectivity index (χ0) is 19.3. The highest BCUT2D eigenvalue weighted by atomic mass is 16.5. The highest BCUT2D eigenvalue weighted by molar-refractivity contribution is 5.97. The molecule has 2 aromatic rings. The largest absolute Gasteiger partial charge is 0.481 e. The minimum absolute atomic E-state index is 0.283. The SMILES string of the molecule is CCOC(=O)c1ccc(C)c(NC(=O)C(C)Oc2ccc(C)cc2C)c1. The molecule has 26 heavy (non-hydrogen) atoms. The quantitative estimate of drug-likeness (QED) is 0.789. The number of aryl methyl sites for hydroxylation is 3. The summed E-state index contributed by atoms with van der Waals surface area (Å²) in [5.74, 6) is -0.0214. The molecule has 138 valence electrons. The first-order valence-corrected chi connectivity index (χ1v) is 8.64. The minimum Gasteiger partial charge on any atom is -0.481 e. The maximum absolute atomic E-state index is 12.5. The van der Waals surface area contributed by atoms with Crippen molar-refractivity contribution in [3.8, 4) is 5.75 Å². The van der Waals surface area contributed by atoms with E-state index in [1.165, 1.54) is 0 Å². The molecule has 0 radical (unpaired) electrons. The van der Waals surface area contributed by atoms with E-state index in [4.69, 9.17) is 9.47 Å². The lowest BCUT2D eigenvalue weighted by Gasteiger charge is -2.17. The standard InChI is InChI=1S/C21H25NO4/c1-6-25-21(24)17-9-8-14(3)18(12-17)22-20(23)16(5)26-19-10-7-13(2)11-15(19)4/h7-12,16H,6H2,1-5H3,(H,22,23). The van der Waals surface area contributed by atoms with E-state index in [-0.39, 0.29) is 5.91 Å². The Morgan fingerprint density at radius 1 is 1.04 bits per heavy atom. The van der Waals surface area contributed by atoms with Crippen LogP contribution in [0.5, 0.6) is 5.75 Å². The molecule has 2 rings (SSSR count). The van der Waals surface area contributed by atoms with Gasteiger partial charge in [0.25, 0.3) is 5.91 Å². The van der Waals surface area contributed by atoms with Crippen LogP contribution in [0.25, 0.3) is 0 Å². The van der Waals surface area contributed by atoms with E-state index < -0.39 is 12.1 Å². The maximum Gasteiger partial charge on any atom is 0.338 e. The molecule has 1 atom stereocenters. The molecule has 0 bridgehead atoms. The number of hydrogen-bond donors (Lipinski definition) is 1. The third-order valence-electron chi connectivity index (χ3n) is 4.01. The monoisotopic (exact) mass is 355 g/mol. The van der Waals surface area contributed by atoms with Crippen LogP contribution < -0.4 is 10.1 Å². The molecule has 0 aromatic heterocycles. The lowest BCUT2D eigenvalue weighted by molar-refractivity contribution is -0.122. The summed E-state index contributed by atoms with van der Waals surface area (Å²) in [7, 11) is 0. The second kappa shape index (κ2) is 8.52. The number of carbonyl (C=O) groups is 2. The van der Waals surface area contributed by atoms with Crippen LogP contribution in [0.1, 0.15) is 40.9 Å². The normalized spacial score (nSPS) is 11.6. The Bertz CT molecular complexity index is 814. The molecular formula is C21H25NO4. The predicted molar refractivity (Wildman–Crippen MR) is 102 cm³/mol. The summed E-state index contributed by atoms with van der Waals surface area (Å²) in [6.45, 7) is 9.56. The van der Waals surface area contributed by atoms with Gasteiger partial charge in [0.15, 0.2) is 6.10 Å². The van der Waals surface area contributed by atoms with Gasteiger partial charge in [-0.1, -0.05) is 23.8 Å². The molecule has 5 nitrogen and oxygen atoms in total. The van der Waals surface area contributed by atoms with Crippen molar-refractivity contribution < 1.29 is 19.1 Å². The molecule has 0 spiro atoms. The average Bonchev–Trinajstić information content (AvgIpc) is 2.59. The minimum atomic E-state index is -0.679. The summed E-state index contributed by atoms with van der Waals surface area (Å²) in [6, 6.07) is 10.9. The zero-order valence-electron chi connectivity index (χ0n) is 15.9. The molecule has 0 saturated carbocycles. The number of amides is 1. The van der Waals surface area contributed by atoms with Crippen molar-refractivity contribution in [1.29, 1.82) is 0 Å². The van der Waals surface area contributed by atoms with Crippen molar-refractivity contribution in [3.05, 3.63) is 58.7 Å². The van der Waals surface area contributed by atoms with Gasteiger partial charge in [0.1, 0.15) is 5.75 Å². The van der Waals surface area contributed by atoms with E-state index in [0.717, 1.165) is 16.7 Å². The van der Waals surface area contributed by atoms with Gasteiger partial charge in [-0.3, -0.25) is 4.79 Å². The molecule has 5 heteroatoms. The fraction of sp³-hybridized carbons (Fsp3) is 0.333. The molecule has 0 fully saturated rings. The highest BCUT2D eigenvalue weighted by Crippen LogP contribution is 2.22. The second-order valence-electron chi connectivity index (χ2n) is 6.27. The zero-order valence-corrected chi connectivity index (χ0v) is 15.9. The Morgan fingerprint density at radius 3 is 2.42 bits per heavy atom. The van der Waals surface area contributed by atoms with E-state index in [0.29, 0.717) is 23.6 Å². The second-order valence-corrected chi connectivity index (χ2v) is 6.27. The van der Waals surface area contributed by atoms with Gasteiger partial charge in [-0.2, -0.15) is 0 Å². The molecule has 0 aliphatic rings. The fourth-order valence-corrected chi connectivity index (χ4v) is 2.51. The van der Waals surface area contributed by atoms with Gasteiger partial charge in [-0.15, -0.1) is 0 Å². The Hall–Kier alpha value is -2.82. The van der Waals surface area contributed by atoms with Gasteiger partial charge in [-0.25, -0.2) is 4.79 Å². The molecule has 1 N–H and O–H groups in total. The molecule has 2 aromatic carbocycles. The summed E-state index contributed by atoms with van der Waals surface area (Å²) >= 11 is 0. The number of hydrogen-bond acceptors (Lipinski definition) is 4. The molecule has 1 amide bonds. The number of esters is 1. The van der Waals surface area contributed by atoms with Crippen molar-refractivity contribution in [2.45, 2.75) is 40.7 Å². The van der Waals surface area contributed by atoms with Gasteiger partial charge >= 0.3 is 5.97 Å². The first-order chi connectivity index (χ1) is 12.3. The molecular weight excluding hydrogens is 330 g/mol. The van der Waals surface area contributed by atoms with E-state index in [1.54, 1.807) is 32.0 Å². The van der Waals surface area contributed by atoms with Crippen molar-refractivity contribution in [2.75, 3.05) is 11.9 Å². The predicted octanol–water partition coefficient (Wildman–Crippen LogP) is 4.19. The maximum atomic E-state index is 12.5. The molecule has 0 saturated heterocycles. The summed E-state index contributed by atoms with van der Waals surface area (Å²) in [4.78, 5) is 24.4. The number of carbonyl (C=O) groups excluding carboxylic acids is 2. The van der Waals surface area contributed by atoms with Crippen LogP contribution in [0.15, 0.2) is 36.4 Å². The third-order valence-corrected chi connectivity index (χ3v) is 4.01. The van der Waals surface area contributed by atoms with E-state index in [9.17, 15) is 9.59 Å². The number of nitrogens with one attached hydrogen (secondary N) is 1. The van der Waals surface area contributed by atoms with Crippen LogP contribution >= 0.6 is 0 Å². The van der Waals surface area contributed by atoms with E-state index >= 15 is 0 Å². The lowest BCUT2D eigenvalue weighted by atomic mass is 10.1. The number of anilines is 1. The van der Waals surface area contributed by atoms with Crippen LogP contribution in [-0.4, -0.2) is 24.6 Å². The van der Waals surface area contributed by atoms with Gasteiger partial charge in [0.05, 0.1) is 12.2 Å². The number of rotatable bonds is 6. The Balaban J connectivity index is 2.10. The van der Waals surface area contributed by atoms with Gasteiger partial charge < -0.3 is 14.8 Å². The van der Waals surface area contributed by atoms with Crippen LogP contribution in [0.3, 0.4) is 0 Å². The molecule has 0 aliphatic heterocycles. The summed E-state index contributed by atoms with van der Waals surface area (Å²) in [5, 5.41) is 2.83. The molecule has 0 heterocycles. The van der Waals surface area contributed by atoms with Crippen molar-refractivity contribution in [2.24, 2.45) is 0 Å². The highest BCUT2D eigenvalue weighted by Gasteiger charge is 2.18. The third kappa shape index (κ3) is 4.85. The summed E-state index contributed by atoms with van der Waals surface area (Å²) < 4.78 is 10.8. The summed E-state index contributed by atoms with van der Waals surface area (Å²) in [5.41, 5.74) is 3.93.